The molecule has 0 radical (unpaired) electrons. The smallest absolute Gasteiger partial charge is 0.232 e. The molecule has 76 valence electrons. The number of guanidine groups is 1. The molecule has 15 heavy (non-hydrogen) atoms. The zero-order chi connectivity index (χ0) is 10.5. The fraction of sp³-hybridized carbons (Fsp3) is 0. The number of nitrogens with zero attached hydrogens (tertiary/aromatic N) is 2. The minimum absolute atomic E-state index is 0.256. The predicted octanol–water partition coefficient (Wildman–Crippen LogP) is 0.436. The summed E-state index contributed by atoms with van der Waals surface area (Å²) in [6.45, 7) is 0. The molecule has 0 atom stereocenters. The van der Waals surface area contributed by atoms with Crippen LogP contribution in [0.25, 0.3) is 6.08 Å². The maximum atomic E-state index is 5.35. The van der Waals surface area contributed by atoms with Gasteiger partial charge in [0.05, 0.1) is 0 Å². The van der Waals surface area contributed by atoms with Gasteiger partial charge >= 0.3 is 0 Å². The summed E-state index contributed by atoms with van der Waals surface area (Å²) >= 11 is 0. The lowest BCUT2D eigenvalue weighted by molar-refractivity contribution is 0.876. The van der Waals surface area contributed by atoms with Gasteiger partial charge in [0.25, 0.3) is 0 Å². The van der Waals surface area contributed by atoms with Gasteiger partial charge < -0.3 is 5.73 Å². The number of nitrogens with two attached hydrogens (primary N) is 1. The Morgan fingerprint density at radius 1 is 1.00 bits per heavy atom. The number of benzene rings is 1. The number of hydrazone groups is 2. The van der Waals surface area contributed by atoms with Crippen LogP contribution in [0.5, 0.6) is 0 Å². The van der Waals surface area contributed by atoms with E-state index in [1.54, 1.807) is 0 Å². The maximum absolute atomic E-state index is 5.35. The summed E-state index contributed by atoms with van der Waals surface area (Å²) < 4.78 is 0. The summed E-state index contributed by atoms with van der Waals surface area (Å²) in [5, 5.41) is 7.71. The van der Waals surface area contributed by atoms with Gasteiger partial charge in [-0.25, -0.2) is 5.43 Å². The van der Waals surface area contributed by atoms with Crippen LogP contribution in [0.3, 0.4) is 0 Å². The van der Waals surface area contributed by atoms with Crippen LogP contribution in [0.4, 0.5) is 0 Å². The maximum Gasteiger partial charge on any atom is 0.232 e. The van der Waals surface area contributed by atoms with Crippen molar-refractivity contribution < 1.29 is 0 Å². The van der Waals surface area contributed by atoms with E-state index in [1.165, 1.54) is 0 Å². The Hall–Kier alpha value is -2.30. The van der Waals surface area contributed by atoms with E-state index in [2.05, 4.69) is 21.1 Å². The van der Waals surface area contributed by atoms with E-state index in [-0.39, 0.29) is 5.96 Å². The van der Waals surface area contributed by atoms with Crippen molar-refractivity contribution in [1.82, 2.24) is 10.9 Å². The molecule has 0 fully saturated rings. The van der Waals surface area contributed by atoms with Gasteiger partial charge in [0, 0.05) is 0 Å². The standard InChI is InChI=1S/C10H11N5/c11-10-14-12-9(13-15-10)7-6-8-4-2-1-3-5-8/h1-7H,(H,12,13)(H3,11,14,15)/b7-6+. The van der Waals surface area contributed by atoms with Crippen LogP contribution in [0.2, 0.25) is 0 Å². The molecule has 0 bridgehead atoms. The second kappa shape index (κ2) is 4.28. The van der Waals surface area contributed by atoms with Gasteiger partial charge in [0.1, 0.15) is 0 Å². The normalized spacial score (nSPS) is 15.2. The number of nitrogens with one attached hydrogen (secondary N) is 2. The van der Waals surface area contributed by atoms with E-state index >= 15 is 0 Å². The minimum atomic E-state index is 0.256. The lowest BCUT2D eigenvalue weighted by atomic mass is 10.2. The van der Waals surface area contributed by atoms with Gasteiger partial charge in [-0.15, -0.1) is 5.10 Å². The first-order valence-corrected chi connectivity index (χ1v) is 4.50. The predicted molar refractivity (Wildman–Crippen MR) is 60.8 cm³/mol. The molecule has 0 saturated carbocycles. The molecule has 1 aromatic carbocycles. The third-order valence-corrected chi connectivity index (χ3v) is 1.82. The van der Waals surface area contributed by atoms with Gasteiger partial charge in [-0.1, -0.05) is 36.4 Å². The Morgan fingerprint density at radius 2 is 1.80 bits per heavy atom. The Bertz CT molecular complexity index is 419. The molecular weight excluding hydrogens is 190 g/mol. The molecule has 0 saturated heterocycles. The first kappa shape index (κ1) is 9.26. The number of rotatable bonds is 2. The van der Waals surface area contributed by atoms with Crippen molar-refractivity contribution in [2.45, 2.75) is 0 Å². The first-order valence-electron chi connectivity index (χ1n) is 4.50. The molecule has 0 unspecified atom stereocenters. The fourth-order valence-corrected chi connectivity index (χ4v) is 1.10. The summed E-state index contributed by atoms with van der Waals surface area (Å²) in [6, 6.07) is 9.94. The quantitative estimate of drug-likeness (QED) is 0.649. The SMILES string of the molecule is NC1=NNC(/C=C/c2ccccc2)=NN1. The minimum Gasteiger partial charge on any atom is -0.367 e. The van der Waals surface area contributed by atoms with Gasteiger partial charge in [-0.05, 0) is 11.6 Å². The number of hydrogen-bond acceptors (Lipinski definition) is 5. The number of hydrogen-bond donors (Lipinski definition) is 3. The average Bonchev–Trinajstić information content (AvgIpc) is 2.30. The summed E-state index contributed by atoms with van der Waals surface area (Å²) in [5.41, 5.74) is 11.7. The van der Waals surface area contributed by atoms with Crippen LogP contribution < -0.4 is 16.6 Å². The zero-order valence-electron chi connectivity index (χ0n) is 8.01. The Kier molecular flexibility index (Phi) is 2.64. The van der Waals surface area contributed by atoms with Gasteiger partial charge in [0.15, 0.2) is 5.84 Å². The van der Waals surface area contributed by atoms with Crippen LogP contribution in [0.15, 0.2) is 46.6 Å². The van der Waals surface area contributed by atoms with Crippen molar-refractivity contribution in [3.05, 3.63) is 42.0 Å². The van der Waals surface area contributed by atoms with E-state index in [1.807, 2.05) is 42.5 Å². The van der Waals surface area contributed by atoms with E-state index in [9.17, 15) is 0 Å². The van der Waals surface area contributed by atoms with Gasteiger partial charge in [0.2, 0.25) is 5.96 Å². The number of amidine groups is 1. The molecule has 0 aromatic heterocycles. The molecule has 4 N–H and O–H groups in total. The summed E-state index contributed by atoms with van der Waals surface area (Å²) in [6.07, 6.45) is 3.75. The zero-order valence-corrected chi connectivity index (χ0v) is 8.01. The Balaban J connectivity index is 2.01. The lowest BCUT2D eigenvalue weighted by Crippen LogP contribution is -2.37. The van der Waals surface area contributed by atoms with E-state index in [0.717, 1.165) is 5.56 Å². The molecule has 5 nitrogen and oxygen atoms in total. The molecule has 0 spiro atoms. The molecule has 1 aromatic rings. The second-order valence-corrected chi connectivity index (χ2v) is 2.96. The lowest BCUT2D eigenvalue weighted by Gasteiger charge is -2.08. The fourth-order valence-electron chi connectivity index (χ4n) is 1.10. The molecular formula is C10H11N5. The third kappa shape index (κ3) is 2.57. The Morgan fingerprint density at radius 3 is 2.47 bits per heavy atom. The highest BCUT2D eigenvalue weighted by Crippen LogP contribution is 2.00. The molecule has 5 heteroatoms. The highest BCUT2D eigenvalue weighted by Gasteiger charge is 1.99. The topological polar surface area (TPSA) is 74.8 Å². The van der Waals surface area contributed by atoms with Crippen LogP contribution >= 0.6 is 0 Å². The molecule has 0 aliphatic carbocycles. The van der Waals surface area contributed by atoms with Crippen LogP contribution in [0.1, 0.15) is 5.56 Å². The van der Waals surface area contributed by atoms with Crippen molar-refractivity contribution in [2.24, 2.45) is 15.9 Å². The summed E-state index contributed by atoms with van der Waals surface area (Å²) in [5.74, 6) is 0.875. The summed E-state index contributed by atoms with van der Waals surface area (Å²) in [4.78, 5) is 0. The van der Waals surface area contributed by atoms with Gasteiger partial charge in [-0.3, -0.25) is 5.43 Å². The average molecular weight is 201 g/mol. The molecule has 1 heterocycles. The molecule has 1 aliphatic rings. The second-order valence-electron chi connectivity index (χ2n) is 2.96. The van der Waals surface area contributed by atoms with Crippen molar-refractivity contribution in [3.63, 3.8) is 0 Å². The monoisotopic (exact) mass is 201 g/mol. The highest BCUT2D eigenvalue weighted by atomic mass is 15.5. The summed E-state index contributed by atoms with van der Waals surface area (Å²) in [7, 11) is 0. The van der Waals surface area contributed by atoms with E-state index < -0.39 is 0 Å². The van der Waals surface area contributed by atoms with Crippen molar-refractivity contribution >= 4 is 17.9 Å². The van der Waals surface area contributed by atoms with Crippen molar-refractivity contribution in [1.29, 1.82) is 0 Å². The largest absolute Gasteiger partial charge is 0.367 e. The van der Waals surface area contributed by atoms with Crippen LogP contribution in [-0.4, -0.2) is 11.8 Å². The van der Waals surface area contributed by atoms with E-state index in [0.29, 0.717) is 5.84 Å². The van der Waals surface area contributed by atoms with Crippen molar-refractivity contribution in [2.75, 3.05) is 0 Å². The molecule has 1 aliphatic heterocycles. The van der Waals surface area contributed by atoms with Crippen molar-refractivity contribution in [3.8, 4) is 0 Å². The van der Waals surface area contributed by atoms with E-state index in [4.69, 9.17) is 5.73 Å². The van der Waals surface area contributed by atoms with Crippen LogP contribution in [0, 0.1) is 0 Å². The Labute approximate surface area is 87.4 Å². The van der Waals surface area contributed by atoms with Crippen LogP contribution in [-0.2, 0) is 0 Å². The highest BCUT2D eigenvalue weighted by molar-refractivity contribution is 5.99. The third-order valence-electron chi connectivity index (χ3n) is 1.82. The first-order chi connectivity index (χ1) is 7.34. The molecule has 2 rings (SSSR count). The van der Waals surface area contributed by atoms with Gasteiger partial charge in [-0.2, -0.15) is 5.10 Å². The molecule has 0 amide bonds.